The summed E-state index contributed by atoms with van der Waals surface area (Å²) < 4.78 is 6.20. The van der Waals surface area contributed by atoms with Gasteiger partial charge in [-0.25, -0.2) is 0 Å². The third-order valence-corrected chi connectivity index (χ3v) is 5.36. The highest BCUT2D eigenvalue weighted by Gasteiger charge is 2.15. The maximum absolute atomic E-state index is 11.9. The van der Waals surface area contributed by atoms with Crippen LogP contribution in [0.3, 0.4) is 0 Å². The van der Waals surface area contributed by atoms with E-state index < -0.39 is 0 Å². The first-order chi connectivity index (χ1) is 13.0. The number of carbonyl (C=O) groups excluding carboxylic acids is 3. The largest absolute Gasteiger partial charge is 0.492 e. The molecule has 8 heteroatoms. The van der Waals surface area contributed by atoms with Crippen LogP contribution in [0, 0.1) is 0 Å². The molecule has 1 aromatic carbocycles. The first kappa shape index (κ1) is 19.4. The van der Waals surface area contributed by atoms with Crippen LogP contribution >= 0.6 is 22.9 Å². The Bertz CT molecular complexity index is 865. The lowest BCUT2D eigenvalue weighted by molar-refractivity contribution is -0.121. The summed E-state index contributed by atoms with van der Waals surface area (Å²) in [7, 11) is 0. The van der Waals surface area contributed by atoms with Crippen LogP contribution < -0.4 is 15.4 Å². The lowest BCUT2D eigenvalue weighted by Crippen LogP contribution is -2.28. The maximum atomic E-state index is 11.9. The molecule has 27 heavy (non-hydrogen) atoms. The minimum absolute atomic E-state index is 0.0274. The number of thiophene rings is 1. The number of carbonyl (C=O) groups is 3. The molecule has 1 aliphatic rings. The van der Waals surface area contributed by atoms with E-state index in [4.69, 9.17) is 16.3 Å². The number of Topliss-reactive ketones (excluding diaryl/α,β-unsaturated/α-hetero) is 1. The summed E-state index contributed by atoms with van der Waals surface area (Å²) in [6.45, 7) is 0.678. The van der Waals surface area contributed by atoms with Crippen LogP contribution in [0.4, 0.5) is 5.69 Å². The molecule has 0 fully saturated rings. The highest BCUT2D eigenvalue weighted by atomic mass is 35.5. The number of rotatable bonds is 8. The predicted molar refractivity (Wildman–Crippen MR) is 105 cm³/mol. The van der Waals surface area contributed by atoms with E-state index in [2.05, 4.69) is 10.6 Å². The van der Waals surface area contributed by atoms with E-state index in [9.17, 15) is 14.4 Å². The number of nitrogens with one attached hydrogen (secondary N) is 2. The van der Waals surface area contributed by atoms with E-state index in [0.717, 1.165) is 11.3 Å². The third kappa shape index (κ3) is 5.55. The Balaban J connectivity index is 1.35. The number of hydrogen-bond donors (Lipinski definition) is 2. The molecular weight excluding hydrogens is 388 g/mol. The molecule has 6 nitrogen and oxygen atoms in total. The van der Waals surface area contributed by atoms with E-state index in [0.29, 0.717) is 41.0 Å². The number of fused-ring (bicyclic) bond motifs is 1. The standard InChI is InChI=1S/C19H19ClN2O4S/c20-17-6-5-16(27-17)15(23)4-8-18(24)21-9-10-26-13-2-3-14-12(11-13)1-7-19(25)22-14/h2-3,5-6,11H,1,4,7-10H2,(H,21,24)(H,22,25). The van der Waals surface area contributed by atoms with Gasteiger partial charge in [-0.05, 0) is 42.3 Å². The Morgan fingerprint density at radius 1 is 1.19 bits per heavy atom. The smallest absolute Gasteiger partial charge is 0.224 e. The molecule has 2 heterocycles. The van der Waals surface area contributed by atoms with Gasteiger partial charge >= 0.3 is 0 Å². The predicted octanol–water partition coefficient (Wildman–Crippen LogP) is 3.44. The lowest BCUT2D eigenvalue weighted by atomic mass is 10.0. The monoisotopic (exact) mass is 406 g/mol. The SMILES string of the molecule is O=C(CCC(=O)c1ccc(Cl)s1)NCCOc1ccc2c(c1)CCC(=O)N2. The molecule has 0 spiro atoms. The average molecular weight is 407 g/mol. The van der Waals surface area contributed by atoms with Crippen LogP contribution in [0.15, 0.2) is 30.3 Å². The second kappa shape index (κ2) is 9.01. The summed E-state index contributed by atoms with van der Waals surface area (Å²) in [5.41, 5.74) is 1.87. The number of halogens is 1. The van der Waals surface area contributed by atoms with E-state index in [1.54, 1.807) is 18.2 Å². The molecule has 1 aliphatic heterocycles. The Kier molecular flexibility index (Phi) is 6.47. The van der Waals surface area contributed by atoms with Crippen molar-refractivity contribution in [3.8, 4) is 5.75 Å². The fraction of sp³-hybridized carbons (Fsp3) is 0.316. The van der Waals surface area contributed by atoms with Gasteiger partial charge in [-0.1, -0.05) is 11.6 Å². The van der Waals surface area contributed by atoms with Crippen LogP contribution in [0.1, 0.15) is 34.5 Å². The van der Waals surface area contributed by atoms with Gasteiger partial charge in [0.25, 0.3) is 0 Å². The molecule has 0 unspecified atom stereocenters. The number of anilines is 1. The average Bonchev–Trinajstić information content (AvgIpc) is 3.09. The van der Waals surface area contributed by atoms with Gasteiger partial charge in [0.2, 0.25) is 11.8 Å². The van der Waals surface area contributed by atoms with E-state index >= 15 is 0 Å². The van der Waals surface area contributed by atoms with Gasteiger partial charge in [-0.15, -0.1) is 11.3 Å². The van der Waals surface area contributed by atoms with Gasteiger partial charge in [0, 0.05) is 24.9 Å². The van der Waals surface area contributed by atoms with Gasteiger partial charge < -0.3 is 15.4 Å². The number of aryl methyl sites for hydroxylation is 1. The summed E-state index contributed by atoms with van der Waals surface area (Å²) in [5, 5.41) is 5.56. The first-order valence-corrected chi connectivity index (χ1v) is 9.81. The van der Waals surface area contributed by atoms with Crippen LogP contribution in [-0.4, -0.2) is 30.7 Å². The zero-order chi connectivity index (χ0) is 19.2. The fourth-order valence-electron chi connectivity index (χ4n) is 2.71. The van der Waals surface area contributed by atoms with Gasteiger partial charge in [-0.2, -0.15) is 0 Å². The van der Waals surface area contributed by atoms with Crippen molar-refractivity contribution in [3.63, 3.8) is 0 Å². The van der Waals surface area contributed by atoms with Gasteiger partial charge in [0.1, 0.15) is 12.4 Å². The zero-order valence-corrected chi connectivity index (χ0v) is 16.1. The van der Waals surface area contributed by atoms with E-state index in [1.807, 2.05) is 12.1 Å². The lowest BCUT2D eigenvalue weighted by Gasteiger charge is -2.17. The summed E-state index contributed by atoms with van der Waals surface area (Å²) >= 11 is 7.02. The molecule has 1 aromatic heterocycles. The van der Waals surface area contributed by atoms with Crippen LogP contribution in [-0.2, 0) is 16.0 Å². The Hall–Kier alpha value is -2.38. The molecule has 2 amide bonds. The maximum Gasteiger partial charge on any atom is 0.224 e. The third-order valence-electron chi connectivity index (χ3n) is 4.09. The van der Waals surface area contributed by atoms with Crippen LogP contribution in [0.5, 0.6) is 5.75 Å². The fourth-order valence-corrected chi connectivity index (χ4v) is 3.72. The number of benzene rings is 1. The van der Waals surface area contributed by atoms with Gasteiger partial charge in [0.15, 0.2) is 5.78 Å². The van der Waals surface area contributed by atoms with Crippen molar-refractivity contribution >= 4 is 46.2 Å². The molecule has 142 valence electrons. The molecule has 2 N–H and O–H groups in total. The zero-order valence-electron chi connectivity index (χ0n) is 14.5. The van der Waals surface area contributed by atoms with Crippen molar-refractivity contribution in [1.29, 1.82) is 0 Å². The molecular formula is C19H19ClN2O4S. The molecule has 0 bridgehead atoms. The van der Waals surface area contributed by atoms with Crippen molar-refractivity contribution in [2.45, 2.75) is 25.7 Å². The van der Waals surface area contributed by atoms with Crippen molar-refractivity contribution in [2.75, 3.05) is 18.5 Å². The van der Waals surface area contributed by atoms with Crippen molar-refractivity contribution in [2.24, 2.45) is 0 Å². The first-order valence-electron chi connectivity index (χ1n) is 8.62. The molecule has 0 saturated carbocycles. The second-order valence-corrected chi connectivity index (χ2v) is 7.81. The summed E-state index contributed by atoms with van der Waals surface area (Å²) in [4.78, 5) is 35.7. The molecule has 3 rings (SSSR count). The minimum Gasteiger partial charge on any atom is -0.492 e. The number of ketones is 1. The van der Waals surface area contributed by atoms with Crippen molar-refractivity contribution < 1.29 is 19.1 Å². The minimum atomic E-state index is -0.192. The number of ether oxygens (including phenoxy) is 1. The highest BCUT2D eigenvalue weighted by Crippen LogP contribution is 2.26. The summed E-state index contributed by atoms with van der Waals surface area (Å²) in [5.74, 6) is 0.450. The Morgan fingerprint density at radius 2 is 2.04 bits per heavy atom. The Morgan fingerprint density at radius 3 is 2.81 bits per heavy atom. The quantitative estimate of drug-likeness (QED) is 0.519. The summed E-state index contributed by atoms with van der Waals surface area (Å²) in [6.07, 6.45) is 1.45. The highest BCUT2D eigenvalue weighted by molar-refractivity contribution is 7.18. The Labute approximate surface area is 165 Å². The molecule has 0 atom stereocenters. The summed E-state index contributed by atoms with van der Waals surface area (Å²) in [6, 6.07) is 8.86. The molecule has 0 aliphatic carbocycles. The van der Waals surface area contributed by atoms with Gasteiger partial charge in [0.05, 0.1) is 15.8 Å². The molecule has 2 aromatic rings. The topological polar surface area (TPSA) is 84.5 Å². The second-order valence-electron chi connectivity index (χ2n) is 6.09. The number of amides is 2. The molecule has 0 radical (unpaired) electrons. The van der Waals surface area contributed by atoms with Crippen LogP contribution in [0.2, 0.25) is 4.34 Å². The number of hydrogen-bond acceptors (Lipinski definition) is 5. The van der Waals surface area contributed by atoms with Crippen LogP contribution in [0.25, 0.3) is 0 Å². The molecule has 0 saturated heterocycles. The van der Waals surface area contributed by atoms with Gasteiger partial charge in [-0.3, -0.25) is 14.4 Å². The van der Waals surface area contributed by atoms with Crippen molar-refractivity contribution in [3.05, 3.63) is 45.1 Å². The van der Waals surface area contributed by atoms with E-state index in [1.165, 1.54) is 11.3 Å². The normalized spacial score (nSPS) is 12.9. The van der Waals surface area contributed by atoms with Crippen molar-refractivity contribution in [1.82, 2.24) is 5.32 Å². The van der Waals surface area contributed by atoms with E-state index in [-0.39, 0.29) is 30.4 Å².